The predicted octanol–water partition coefficient (Wildman–Crippen LogP) is 3.19. The Morgan fingerprint density at radius 2 is 1.57 bits per heavy atom. The topological polar surface area (TPSA) is 24.5 Å². The maximum Gasteiger partial charge on any atom is 0.181 e. The van der Waals surface area contributed by atoms with Crippen LogP contribution >= 0.6 is 0 Å². The molecule has 1 N–H and O–H groups in total. The van der Waals surface area contributed by atoms with Gasteiger partial charge in [-0.15, -0.1) is 0 Å². The quantitative estimate of drug-likeness (QED) is 0.878. The second-order valence-corrected chi connectivity index (χ2v) is 6.17. The third kappa shape index (κ3) is 2.62. The molecule has 2 aromatic carbocycles. The molecule has 3 nitrogen and oxygen atoms in total. The van der Waals surface area contributed by atoms with Crippen LogP contribution in [0.5, 0.6) is 0 Å². The third-order valence-electron chi connectivity index (χ3n) is 4.85. The highest BCUT2D eigenvalue weighted by atomic mass is 16.5. The van der Waals surface area contributed by atoms with E-state index in [0.29, 0.717) is 12.5 Å². The molecule has 0 saturated carbocycles. The van der Waals surface area contributed by atoms with Crippen LogP contribution in [0.1, 0.15) is 17.0 Å². The molecule has 0 aromatic heterocycles. The van der Waals surface area contributed by atoms with E-state index in [4.69, 9.17) is 4.74 Å². The molecule has 1 aliphatic carbocycles. The number of nitrogens with one attached hydrogen (secondary N) is 1. The van der Waals surface area contributed by atoms with Gasteiger partial charge in [0, 0.05) is 32.1 Å². The molecule has 0 amide bonds. The summed E-state index contributed by atoms with van der Waals surface area (Å²) in [7, 11) is 0. The highest BCUT2D eigenvalue weighted by Gasteiger charge is 2.28. The van der Waals surface area contributed by atoms with Crippen LogP contribution < -0.4 is 5.32 Å². The van der Waals surface area contributed by atoms with Crippen molar-refractivity contribution >= 4 is 0 Å². The van der Waals surface area contributed by atoms with Crippen molar-refractivity contribution in [2.24, 2.45) is 0 Å². The molecule has 3 heteroatoms. The van der Waals surface area contributed by atoms with Crippen LogP contribution in [0.2, 0.25) is 0 Å². The molecule has 4 rings (SSSR count). The average molecular weight is 306 g/mol. The number of ether oxygens (including phenoxy) is 1. The summed E-state index contributed by atoms with van der Waals surface area (Å²) < 4.78 is 6.08. The number of benzene rings is 2. The van der Waals surface area contributed by atoms with E-state index in [1.807, 2.05) is 0 Å². The van der Waals surface area contributed by atoms with Gasteiger partial charge in [0.15, 0.2) is 5.88 Å². The van der Waals surface area contributed by atoms with Crippen LogP contribution in [0.15, 0.2) is 61.0 Å². The summed E-state index contributed by atoms with van der Waals surface area (Å²) in [6.07, 6.45) is 0. The van der Waals surface area contributed by atoms with Crippen molar-refractivity contribution in [3.8, 4) is 11.1 Å². The van der Waals surface area contributed by atoms with Crippen molar-refractivity contribution in [1.82, 2.24) is 10.2 Å². The normalized spacial score (nSPS) is 16.8. The zero-order chi connectivity index (χ0) is 15.6. The molecular formula is C20H22N2O. The van der Waals surface area contributed by atoms with Gasteiger partial charge >= 0.3 is 0 Å². The van der Waals surface area contributed by atoms with Gasteiger partial charge in [-0.3, -0.25) is 0 Å². The SMILES string of the molecule is C=C(OCC1c2ccccc2-c2ccccc21)N1CCNCC1. The Hall–Kier alpha value is -2.26. The van der Waals surface area contributed by atoms with E-state index < -0.39 is 0 Å². The maximum atomic E-state index is 6.08. The number of hydrogen-bond donors (Lipinski definition) is 1. The molecule has 2 aliphatic rings. The van der Waals surface area contributed by atoms with Gasteiger partial charge in [0.05, 0.1) is 0 Å². The second-order valence-electron chi connectivity index (χ2n) is 6.17. The molecule has 0 unspecified atom stereocenters. The largest absolute Gasteiger partial charge is 0.478 e. The molecule has 0 atom stereocenters. The Kier molecular flexibility index (Phi) is 3.80. The zero-order valence-electron chi connectivity index (χ0n) is 13.3. The highest BCUT2D eigenvalue weighted by Crippen LogP contribution is 2.44. The van der Waals surface area contributed by atoms with Gasteiger partial charge in [0.2, 0.25) is 0 Å². The minimum Gasteiger partial charge on any atom is -0.478 e. The number of rotatable bonds is 4. The van der Waals surface area contributed by atoms with Crippen LogP contribution in [-0.4, -0.2) is 37.7 Å². The zero-order valence-corrected chi connectivity index (χ0v) is 13.3. The lowest BCUT2D eigenvalue weighted by molar-refractivity contribution is 0.101. The molecule has 0 bridgehead atoms. The van der Waals surface area contributed by atoms with Crippen molar-refractivity contribution in [2.75, 3.05) is 32.8 Å². The minimum absolute atomic E-state index is 0.294. The first-order valence-corrected chi connectivity index (χ1v) is 8.30. The first-order chi connectivity index (χ1) is 11.3. The molecule has 1 heterocycles. The molecule has 2 aromatic rings. The molecule has 1 saturated heterocycles. The highest BCUT2D eigenvalue weighted by molar-refractivity contribution is 5.78. The Morgan fingerprint density at radius 3 is 2.17 bits per heavy atom. The minimum atomic E-state index is 0.294. The van der Waals surface area contributed by atoms with Crippen LogP contribution in [0.3, 0.4) is 0 Å². The van der Waals surface area contributed by atoms with Gasteiger partial charge in [0.1, 0.15) is 6.61 Å². The van der Waals surface area contributed by atoms with E-state index >= 15 is 0 Å². The Morgan fingerprint density at radius 1 is 1.00 bits per heavy atom. The lowest BCUT2D eigenvalue weighted by atomic mass is 9.98. The number of piperazine rings is 1. The van der Waals surface area contributed by atoms with E-state index in [2.05, 4.69) is 65.3 Å². The Labute approximate surface area is 137 Å². The van der Waals surface area contributed by atoms with Gasteiger partial charge in [-0.25, -0.2) is 0 Å². The third-order valence-corrected chi connectivity index (χ3v) is 4.85. The van der Waals surface area contributed by atoms with Crippen molar-refractivity contribution in [1.29, 1.82) is 0 Å². The molecule has 23 heavy (non-hydrogen) atoms. The van der Waals surface area contributed by atoms with Crippen molar-refractivity contribution in [3.63, 3.8) is 0 Å². The first kappa shape index (κ1) is 14.3. The smallest absolute Gasteiger partial charge is 0.181 e. The fraction of sp³-hybridized carbons (Fsp3) is 0.300. The molecule has 0 radical (unpaired) electrons. The summed E-state index contributed by atoms with van der Waals surface area (Å²) in [5, 5.41) is 3.35. The molecule has 0 spiro atoms. The summed E-state index contributed by atoms with van der Waals surface area (Å²) in [6.45, 7) is 8.71. The lowest BCUT2D eigenvalue weighted by Crippen LogP contribution is -2.43. The fourth-order valence-electron chi connectivity index (χ4n) is 3.62. The van der Waals surface area contributed by atoms with Gasteiger partial charge in [0.25, 0.3) is 0 Å². The Bertz CT molecular complexity index is 674. The number of nitrogens with zero attached hydrogens (tertiary/aromatic N) is 1. The van der Waals surface area contributed by atoms with E-state index in [0.717, 1.165) is 32.1 Å². The van der Waals surface area contributed by atoms with E-state index in [1.54, 1.807) is 0 Å². The van der Waals surface area contributed by atoms with E-state index in [-0.39, 0.29) is 0 Å². The molecule has 1 fully saturated rings. The summed E-state index contributed by atoms with van der Waals surface area (Å²) in [6, 6.07) is 17.3. The van der Waals surface area contributed by atoms with Crippen LogP contribution in [-0.2, 0) is 4.74 Å². The second kappa shape index (κ2) is 6.09. The van der Waals surface area contributed by atoms with Gasteiger partial charge < -0.3 is 15.0 Å². The molecule has 1 aliphatic heterocycles. The van der Waals surface area contributed by atoms with Gasteiger partial charge in [-0.05, 0) is 28.8 Å². The number of hydrogen-bond acceptors (Lipinski definition) is 3. The van der Waals surface area contributed by atoms with Crippen LogP contribution in [0.25, 0.3) is 11.1 Å². The monoisotopic (exact) mass is 306 g/mol. The van der Waals surface area contributed by atoms with Crippen molar-refractivity contribution in [2.45, 2.75) is 5.92 Å². The maximum absolute atomic E-state index is 6.08. The van der Waals surface area contributed by atoms with E-state index in [9.17, 15) is 0 Å². The first-order valence-electron chi connectivity index (χ1n) is 8.30. The standard InChI is InChI=1S/C20H22N2O/c1-15(22-12-10-21-11-13-22)23-14-20-18-8-4-2-6-16(18)17-7-3-5-9-19(17)20/h2-9,20-21H,1,10-14H2. The van der Waals surface area contributed by atoms with Crippen molar-refractivity contribution in [3.05, 3.63) is 72.1 Å². The summed E-state index contributed by atoms with van der Waals surface area (Å²) in [5.74, 6) is 1.09. The molecular weight excluding hydrogens is 284 g/mol. The number of fused-ring (bicyclic) bond motifs is 3. The van der Waals surface area contributed by atoms with E-state index in [1.165, 1.54) is 22.3 Å². The van der Waals surface area contributed by atoms with Crippen LogP contribution in [0.4, 0.5) is 0 Å². The van der Waals surface area contributed by atoms with Gasteiger partial charge in [-0.2, -0.15) is 0 Å². The summed E-state index contributed by atoms with van der Waals surface area (Å²) in [5.41, 5.74) is 5.40. The van der Waals surface area contributed by atoms with Gasteiger partial charge in [-0.1, -0.05) is 48.5 Å². The summed E-state index contributed by atoms with van der Waals surface area (Å²) in [4.78, 5) is 2.23. The predicted molar refractivity (Wildman–Crippen MR) is 93.3 cm³/mol. The van der Waals surface area contributed by atoms with Crippen LogP contribution in [0, 0.1) is 0 Å². The fourth-order valence-corrected chi connectivity index (χ4v) is 3.62. The van der Waals surface area contributed by atoms with Crippen molar-refractivity contribution < 1.29 is 4.74 Å². The average Bonchev–Trinajstić information content (AvgIpc) is 2.94. The summed E-state index contributed by atoms with van der Waals surface area (Å²) >= 11 is 0. The Balaban J connectivity index is 1.53. The molecule has 118 valence electrons. The lowest BCUT2D eigenvalue weighted by Gasteiger charge is -2.31.